The Hall–Kier alpha value is -0.640. The summed E-state index contributed by atoms with van der Waals surface area (Å²) in [5.41, 5.74) is 1.14. The summed E-state index contributed by atoms with van der Waals surface area (Å²) in [6.07, 6.45) is 6.53. The van der Waals surface area contributed by atoms with Crippen molar-refractivity contribution in [2.45, 2.75) is 32.2 Å². The highest BCUT2D eigenvalue weighted by Gasteiger charge is 2.10. The van der Waals surface area contributed by atoms with Crippen LogP contribution in [0.15, 0.2) is 18.5 Å². The third-order valence-corrected chi connectivity index (χ3v) is 3.02. The van der Waals surface area contributed by atoms with Gasteiger partial charge in [-0.25, -0.2) is 0 Å². The summed E-state index contributed by atoms with van der Waals surface area (Å²) in [6, 6.07) is 2.39. The van der Waals surface area contributed by atoms with E-state index < -0.39 is 0 Å². The molecule has 0 radical (unpaired) electrons. The molecule has 0 aromatic carbocycles. The van der Waals surface area contributed by atoms with Gasteiger partial charge in [0.25, 0.3) is 0 Å². The van der Waals surface area contributed by atoms with Crippen LogP contribution in [-0.4, -0.2) is 31.3 Å². The first kappa shape index (κ1) is 14.4. The lowest BCUT2D eigenvalue weighted by Gasteiger charge is -2.18. The highest BCUT2D eigenvalue weighted by Crippen LogP contribution is 2.16. The molecule has 0 saturated carbocycles. The van der Waals surface area contributed by atoms with E-state index in [2.05, 4.69) is 17.2 Å². The second-order valence-electron chi connectivity index (χ2n) is 4.10. The smallest absolute Gasteiger partial charge is 0.0621 e. The molecule has 3 nitrogen and oxygen atoms in total. The Morgan fingerprint density at radius 3 is 3.00 bits per heavy atom. The quantitative estimate of drug-likeness (QED) is 0.777. The SMILES string of the molecule is CCCNC(CCOC)Cc1ccncc1Cl. The van der Waals surface area contributed by atoms with Crippen LogP contribution < -0.4 is 5.32 Å². The van der Waals surface area contributed by atoms with Gasteiger partial charge in [0.05, 0.1) is 5.02 Å². The molecule has 96 valence electrons. The van der Waals surface area contributed by atoms with Crippen LogP contribution >= 0.6 is 11.6 Å². The molecule has 1 rings (SSSR count). The van der Waals surface area contributed by atoms with Crippen molar-refractivity contribution in [2.24, 2.45) is 0 Å². The third kappa shape index (κ3) is 5.48. The Morgan fingerprint density at radius 2 is 2.35 bits per heavy atom. The Bertz CT molecular complexity index is 312. The van der Waals surface area contributed by atoms with Gasteiger partial charge < -0.3 is 10.1 Å². The second-order valence-corrected chi connectivity index (χ2v) is 4.51. The Labute approximate surface area is 109 Å². The Morgan fingerprint density at radius 1 is 1.53 bits per heavy atom. The number of nitrogens with one attached hydrogen (secondary N) is 1. The molecule has 1 atom stereocenters. The molecule has 1 heterocycles. The first-order valence-electron chi connectivity index (χ1n) is 6.08. The van der Waals surface area contributed by atoms with E-state index in [0.717, 1.165) is 43.0 Å². The molecule has 0 bridgehead atoms. The number of methoxy groups -OCH3 is 1. The fourth-order valence-electron chi connectivity index (χ4n) is 1.72. The summed E-state index contributed by atoms with van der Waals surface area (Å²) in [4.78, 5) is 4.00. The van der Waals surface area contributed by atoms with Gasteiger partial charge in [0.1, 0.15) is 0 Å². The average molecular weight is 257 g/mol. The normalized spacial score (nSPS) is 12.6. The van der Waals surface area contributed by atoms with Crippen LogP contribution in [0.3, 0.4) is 0 Å². The monoisotopic (exact) mass is 256 g/mol. The van der Waals surface area contributed by atoms with Crippen LogP contribution in [-0.2, 0) is 11.2 Å². The van der Waals surface area contributed by atoms with Gasteiger partial charge in [0.2, 0.25) is 0 Å². The van der Waals surface area contributed by atoms with Crippen LogP contribution in [0, 0.1) is 0 Å². The van der Waals surface area contributed by atoms with E-state index in [4.69, 9.17) is 16.3 Å². The Kier molecular flexibility index (Phi) is 7.17. The van der Waals surface area contributed by atoms with Gasteiger partial charge >= 0.3 is 0 Å². The van der Waals surface area contributed by atoms with E-state index in [9.17, 15) is 0 Å². The van der Waals surface area contributed by atoms with Crippen molar-refractivity contribution in [3.8, 4) is 0 Å². The van der Waals surface area contributed by atoms with Crippen LogP contribution in [0.1, 0.15) is 25.3 Å². The van der Waals surface area contributed by atoms with Crippen LogP contribution in [0.5, 0.6) is 0 Å². The predicted molar refractivity (Wildman–Crippen MR) is 71.5 cm³/mol. The topological polar surface area (TPSA) is 34.1 Å². The standard InChI is InChI=1S/C13H21ClN2O/c1-3-6-16-12(5-8-17-2)9-11-4-7-15-10-13(11)14/h4,7,10,12,16H,3,5-6,8-9H2,1-2H3. The molecular weight excluding hydrogens is 236 g/mol. The summed E-state index contributed by atoms with van der Waals surface area (Å²) < 4.78 is 5.13. The maximum Gasteiger partial charge on any atom is 0.0621 e. The number of rotatable bonds is 8. The van der Waals surface area contributed by atoms with Gasteiger partial charge in [-0.2, -0.15) is 0 Å². The average Bonchev–Trinajstić information content (AvgIpc) is 2.35. The summed E-state index contributed by atoms with van der Waals surface area (Å²) in [5.74, 6) is 0. The number of hydrogen-bond donors (Lipinski definition) is 1. The van der Waals surface area contributed by atoms with Gasteiger partial charge in [-0.05, 0) is 37.4 Å². The molecule has 0 aliphatic carbocycles. The van der Waals surface area contributed by atoms with Crippen molar-refractivity contribution in [1.82, 2.24) is 10.3 Å². The van der Waals surface area contributed by atoms with Crippen molar-refractivity contribution in [2.75, 3.05) is 20.3 Å². The van der Waals surface area contributed by atoms with Gasteiger partial charge in [-0.15, -0.1) is 0 Å². The van der Waals surface area contributed by atoms with E-state index in [-0.39, 0.29) is 0 Å². The molecular formula is C13H21ClN2O. The van der Waals surface area contributed by atoms with Crippen molar-refractivity contribution in [3.05, 3.63) is 29.0 Å². The molecule has 1 N–H and O–H groups in total. The first-order valence-corrected chi connectivity index (χ1v) is 6.46. The summed E-state index contributed by atoms with van der Waals surface area (Å²) in [6.45, 7) is 3.96. The maximum atomic E-state index is 6.11. The summed E-state index contributed by atoms with van der Waals surface area (Å²) >= 11 is 6.11. The molecule has 0 spiro atoms. The first-order chi connectivity index (χ1) is 8.27. The zero-order valence-electron chi connectivity index (χ0n) is 10.6. The Balaban J connectivity index is 2.55. The van der Waals surface area contributed by atoms with E-state index >= 15 is 0 Å². The zero-order valence-corrected chi connectivity index (χ0v) is 11.3. The van der Waals surface area contributed by atoms with Gasteiger partial charge in [-0.1, -0.05) is 18.5 Å². The minimum atomic E-state index is 0.412. The molecule has 0 aliphatic rings. The van der Waals surface area contributed by atoms with E-state index in [0.29, 0.717) is 6.04 Å². The van der Waals surface area contributed by atoms with Crippen molar-refractivity contribution in [3.63, 3.8) is 0 Å². The zero-order chi connectivity index (χ0) is 12.5. The van der Waals surface area contributed by atoms with Crippen LogP contribution in [0.2, 0.25) is 5.02 Å². The van der Waals surface area contributed by atoms with Gasteiger partial charge in [0.15, 0.2) is 0 Å². The molecule has 0 aliphatic heterocycles. The fourth-order valence-corrected chi connectivity index (χ4v) is 1.92. The lowest BCUT2D eigenvalue weighted by molar-refractivity contribution is 0.182. The third-order valence-electron chi connectivity index (χ3n) is 2.68. The number of nitrogens with zero attached hydrogens (tertiary/aromatic N) is 1. The van der Waals surface area contributed by atoms with Crippen LogP contribution in [0.4, 0.5) is 0 Å². The van der Waals surface area contributed by atoms with E-state index in [1.165, 1.54) is 0 Å². The summed E-state index contributed by atoms with van der Waals surface area (Å²) in [7, 11) is 1.73. The number of pyridine rings is 1. The van der Waals surface area contributed by atoms with Crippen molar-refractivity contribution < 1.29 is 4.74 Å². The molecule has 0 amide bonds. The number of ether oxygens (including phenoxy) is 1. The van der Waals surface area contributed by atoms with E-state index in [1.54, 1.807) is 19.5 Å². The molecule has 1 aromatic rings. The molecule has 0 fully saturated rings. The molecule has 4 heteroatoms. The molecule has 0 saturated heterocycles. The van der Waals surface area contributed by atoms with Crippen molar-refractivity contribution >= 4 is 11.6 Å². The van der Waals surface area contributed by atoms with Gasteiger partial charge in [0, 0.05) is 32.2 Å². The number of hydrogen-bond acceptors (Lipinski definition) is 3. The van der Waals surface area contributed by atoms with Gasteiger partial charge in [-0.3, -0.25) is 4.98 Å². The fraction of sp³-hybridized carbons (Fsp3) is 0.615. The minimum Gasteiger partial charge on any atom is -0.385 e. The second kappa shape index (κ2) is 8.45. The van der Waals surface area contributed by atoms with E-state index in [1.807, 2.05) is 6.07 Å². The number of aromatic nitrogens is 1. The molecule has 1 unspecified atom stereocenters. The van der Waals surface area contributed by atoms with Crippen molar-refractivity contribution in [1.29, 1.82) is 0 Å². The lowest BCUT2D eigenvalue weighted by atomic mass is 10.0. The predicted octanol–water partition coefficient (Wildman–Crippen LogP) is 2.68. The molecule has 17 heavy (non-hydrogen) atoms. The highest BCUT2D eigenvalue weighted by atomic mass is 35.5. The summed E-state index contributed by atoms with van der Waals surface area (Å²) in [5, 5.41) is 4.26. The lowest BCUT2D eigenvalue weighted by Crippen LogP contribution is -2.33. The molecule has 1 aromatic heterocycles. The maximum absolute atomic E-state index is 6.11. The van der Waals surface area contributed by atoms with Crippen LogP contribution in [0.25, 0.3) is 0 Å². The largest absolute Gasteiger partial charge is 0.385 e. The minimum absolute atomic E-state index is 0.412. The highest BCUT2D eigenvalue weighted by molar-refractivity contribution is 6.31. The number of halogens is 1.